The van der Waals surface area contributed by atoms with Crippen LogP contribution in [0.5, 0.6) is 0 Å². The molecule has 0 aromatic heterocycles. The zero-order valence-corrected chi connectivity index (χ0v) is 10.8. The number of nitrogens with one attached hydrogen (secondary N) is 2. The lowest BCUT2D eigenvalue weighted by Gasteiger charge is -2.16. The number of hydrogen-bond acceptors (Lipinski definition) is 3. The van der Waals surface area contributed by atoms with Gasteiger partial charge >= 0.3 is 6.18 Å². The van der Waals surface area contributed by atoms with Gasteiger partial charge in [-0.2, -0.15) is 13.2 Å². The molecule has 1 rings (SSSR count). The quantitative estimate of drug-likeness (QED) is 0.795. The fourth-order valence-corrected chi connectivity index (χ4v) is 1.42. The van der Waals surface area contributed by atoms with E-state index in [4.69, 9.17) is 5.73 Å². The van der Waals surface area contributed by atoms with Crippen LogP contribution in [0.3, 0.4) is 0 Å². The summed E-state index contributed by atoms with van der Waals surface area (Å²) in [6, 6.07) is 2.13. The average molecular weight is 289 g/mol. The van der Waals surface area contributed by atoms with E-state index in [1.165, 1.54) is 19.9 Å². The van der Waals surface area contributed by atoms with Crippen molar-refractivity contribution in [1.82, 2.24) is 0 Å². The number of halogens is 3. The standard InChI is InChI=1S/C12H14F3N3O2/c1-6(16)11(20)18-10-4-3-8(17-7(2)19)5-9(10)12(13,14)15/h3-6H,16H2,1-2H3,(H,17,19)(H,18,20)/t6-/m0/s1. The van der Waals surface area contributed by atoms with Gasteiger partial charge in [0.25, 0.3) is 0 Å². The van der Waals surface area contributed by atoms with E-state index in [1.807, 2.05) is 0 Å². The highest BCUT2D eigenvalue weighted by molar-refractivity contribution is 5.96. The van der Waals surface area contributed by atoms with Gasteiger partial charge in [-0.25, -0.2) is 0 Å². The third-order valence-corrected chi connectivity index (χ3v) is 2.32. The zero-order valence-electron chi connectivity index (χ0n) is 10.8. The molecule has 0 aliphatic heterocycles. The molecule has 0 fully saturated rings. The van der Waals surface area contributed by atoms with Crippen LogP contribution in [-0.2, 0) is 15.8 Å². The van der Waals surface area contributed by atoms with Crippen LogP contribution >= 0.6 is 0 Å². The number of benzene rings is 1. The van der Waals surface area contributed by atoms with Crippen molar-refractivity contribution >= 4 is 23.2 Å². The van der Waals surface area contributed by atoms with E-state index >= 15 is 0 Å². The number of hydrogen-bond donors (Lipinski definition) is 3. The number of rotatable bonds is 3. The topological polar surface area (TPSA) is 84.2 Å². The van der Waals surface area contributed by atoms with Crippen molar-refractivity contribution < 1.29 is 22.8 Å². The minimum absolute atomic E-state index is 0.0105. The summed E-state index contributed by atoms with van der Waals surface area (Å²) >= 11 is 0. The van der Waals surface area contributed by atoms with Gasteiger partial charge in [-0.3, -0.25) is 9.59 Å². The van der Waals surface area contributed by atoms with Gasteiger partial charge in [-0.15, -0.1) is 0 Å². The molecule has 0 radical (unpaired) electrons. The number of amides is 2. The maximum atomic E-state index is 12.9. The number of carbonyl (C=O) groups excluding carboxylic acids is 2. The molecule has 20 heavy (non-hydrogen) atoms. The Hall–Kier alpha value is -2.09. The first-order valence-electron chi connectivity index (χ1n) is 5.66. The first-order chi connectivity index (χ1) is 9.11. The molecule has 0 unspecified atom stereocenters. The second-order valence-corrected chi connectivity index (χ2v) is 4.22. The van der Waals surface area contributed by atoms with Crippen LogP contribution in [0.4, 0.5) is 24.5 Å². The van der Waals surface area contributed by atoms with Crippen LogP contribution in [0.15, 0.2) is 18.2 Å². The van der Waals surface area contributed by atoms with Gasteiger partial charge < -0.3 is 16.4 Å². The molecule has 1 aromatic rings. The summed E-state index contributed by atoms with van der Waals surface area (Å²) in [6.07, 6.45) is -4.67. The molecule has 0 saturated carbocycles. The molecule has 1 aromatic carbocycles. The Morgan fingerprint density at radius 2 is 1.85 bits per heavy atom. The van der Waals surface area contributed by atoms with Gasteiger partial charge in [-0.1, -0.05) is 0 Å². The Bertz CT molecular complexity index is 527. The fraction of sp³-hybridized carbons (Fsp3) is 0.333. The van der Waals surface area contributed by atoms with Crippen molar-refractivity contribution in [3.05, 3.63) is 23.8 Å². The van der Waals surface area contributed by atoms with Crippen molar-refractivity contribution in [2.24, 2.45) is 5.73 Å². The van der Waals surface area contributed by atoms with Crippen molar-refractivity contribution in [2.45, 2.75) is 26.1 Å². The Balaban J connectivity index is 3.17. The SMILES string of the molecule is CC(=O)Nc1ccc(NC(=O)[C@H](C)N)c(C(F)(F)F)c1. The Kier molecular flexibility index (Phi) is 4.72. The van der Waals surface area contributed by atoms with Crippen molar-refractivity contribution in [3.8, 4) is 0 Å². The molecule has 8 heteroatoms. The summed E-state index contributed by atoms with van der Waals surface area (Å²) in [4.78, 5) is 22.2. The molecule has 0 bridgehead atoms. The molecule has 110 valence electrons. The molecule has 0 aliphatic carbocycles. The number of carbonyl (C=O) groups is 2. The average Bonchev–Trinajstić information content (AvgIpc) is 2.28. The van der Waals surface area contributed by atoms with Gasteiger partial charge in [-0.05, 0) is 25.1 Å². The van der Waals surface area contributed by atoms with E-state index in [-0.39, 0.29) is 5.69 Å². The lowest BCUT2D eigenvalue weighted by Crippen LogP contribution is -2.33. The van der Waals surface area contributed by atoms with Crippen molar-refractivity contribution in [3.63, 3.8) is 0 Å². The van der Waals surface area contributed by atoms with Crippen LogP contribution in [0.1, 0.15) is 19.4 Å². The third kappa shape index (κ3) is 4.23. The van der Waals surface area contributed by atoms with Crippen LogP contribution < -0.4 is 16.4 Å². The highest BCUT2D eigenvalue weighted by Gasteiger charge is 2.34. The van der Waals surface area contributed by atoms with Crippen molar-refractivity contribution in [1.29, 1.82) is 0 Å². The van der Waals surface area contributed by atoms with Crippen LogP contribution in [0, 0.1) is 0 Å². The van der Waals surface area contributed by atoms with Gasteiger partial charge in [0.1, 0.15) is 0 Å². The summed E-state index contributed by atoms with van der Waals surface area (Å²) < 4.78 is 38.8. The highest BCUT2D eigenvalue weighted by atomic mass is 19.4. The lowest BCUT2D eigenvalue weighted by atomic mass is 10.1. The predicted octanol–water partition coefficient (Wildman–Crippen LogP) is 1.95. The molecule has 4 N–H and O–H groups in total. The highest BCUT2D eigenvalue weighted by Crippen LogP contribution is 2.36. The first kappa shape index (κ1) is 16.0. The van der Waals surface area contributed by atoms with E-state index in [9.17, 15) is 22.8 Å². The zero-order chi connectivity index (χ0) is 15.5. The smallest absolute Gasteiger partial charge is 0.326 e. The summed E-state index contributed by atoms with van der Waals surface area (Å²) in [5.41, 5.74) is 3.81. The lowest BCUT2D eigenvalue weighted by molar-refractivity contribution is -0.137. The van der Waals surface area contributed by atoms with Gasteiger partial charge in [0, 0.05) is 12.6 Å². The Morgan fingerprint density at radius 3 is 2.30 bits per heavy atom. The molecule has 0 aliphatic rings. The van der Waals surface area contributed by atoms with E-state index in [0.29, 0.717) is 0 Å². The molecular formula is C12H14F3N3O2. The third-order valence-electron chi connectivity index (χ3n) is 2.32. The van der Waals surface area contributed by atoms with Crippen LogP contribution in [0.25, 0.3) is 0 Å². The molecule has 5 nitrogen and oxygen atoms in total. The van der Waals surface area contributed by atoms with Gasteiger partial charge in [0.2, 0.25) is 11.8 Å². The molecule has 0 saturated heterocycles. The minimum atomic E-state index is -4.67. The van der Waals surface area contributed by atoms with E-state index in [2.05, 4.69) is 10.6 Å². The Morgan fingerprint density at radius 1 is 1.25 bits per heavy atom. The molecule has 2 amide bonds. The number of nitrogens with two attached hydrogens (primary N) is 1. The second kappa shape index (κ2) is 5.91. The number of alkyl halides is 3. The number of anilines is 2. The van der Waals surface area contributed by atoms with E-state index < -0.39 is 35.3 Å². The maximum Gasteiger partial charge on any atom is 0.418 e. The maximum absolute atomic E-state index is 12.9. The minimum Gasteiger partial charge on any atom is -0.326 e. The fourth-order valence-electron chi connectivity index (χ4n) is 1.42. The molecule has 1 atom stereocenters. The molecular weight excluding hydrogens is 275 g/mol. The summed E-state index contributed by atoms with van der Waals surface area (Å²) in [5.74, 6) is -1.23. The Labute approximate surface area is 113 Å². The largest absolute Gasteiger partial charge is 0.418 e. The van der Waals surface area contributed by atoms with E-state index in [1.54, 1.807) is 0 Å². The van der Waals surface area contributed by atoms with Crippen LogP contribution in [-0.4, -0.2) is 17.9 Å². The normalized spacial score (nSPS) is 12.7. The van der Waals surface area contributed by atoms with Gasteiger partial charge in [0.05, 0.1) is 17.3 Å². The second-order valence-electron chi connectivity index (χ2n) is 4.22. The van der Waals surface area contributed by atoms with E-state index in [0.717, 1.165) is 12.1 Å². The molecule has 0 spiro atoms. The first-order valence-corrected chi connectivity index (χ1v) is 5.66. The molecule has 0 heterocycles. The predicted molar refractivity (Wildman–Crippen MR) is 68.0 cm³/mol. The summed E-state index contributed by atoms with van der Waals surface area (Å²) in [7, 11) is 0. The van der Waals surface area contributed by atoms with Crippen molar-refractivity contribution in [2.75, 3.05) is 10.6 Å². The van der Waals surface area contributed by atoms with Gasteiger partial charge in [0.15, 0.2) is 0 Å². The van der Waals surface area contributed by atoms with Crippen LogP contribution in [0.2, 0.25) is 0 Å². The monoisotopic (exact) mass is 289 g/mol. The summed E-state index contributed by atoms with van der Waals surface area (Å²) in [6.45, 7) is 2.54. The summed E-state index contributed by atoms with van der Waals surface area (Å²) in [5, 5.41) is 4.34.